The van der Waals surface area contributed by atoms with Crippen molar-refractivity contribution in [1.29, 1.82) is 0 Å². The minimum atomic E-state index is -0.792. The number of rotatable bonds is 3. The van der Waals surface area contributed by atoms with Crippen molar-refractivity contribution < 1.29 is 19.1 Å². The molecule has 144 valence electrons. The van der Waals surface area contributed by atoms with E-state index >= 15 is 0 Å². The number of halogens is 1. The highest BCUT2D eigenvalue weighted by Gasteiger charge is 2.37. The Labute approximate surface area is 174 Å². The summed E-state index contributed by atoms with van der Waals surface area (Å²) < 4.78 is 6.14. The van der Waals surface area contributed by atoms with Crippen molar-refractivity contribution in [2.24, 2.45) is 0 Å². The number of carbonyl (C=O) groups is 3. The van der Waals surface area contributed by atoms with Gasteiger partial charge >= 0.3 is 6.03 Å². The minimum Gasteiger partial charge on any atom is -0.496 e. The molecule has 1 fully saturated rings. The Morgan fingerprint density at radius 3 is 2.55 bits per heavy atom. The van der Waals surface area contributed by atoms with Gasteiger partial charge in [0.15, 0.2) is 0 Å². The molecule has 1 saturated heterocycles. The standard InChI is InChI=1S/C22H15BrN2O4/c1-29-19-10-9-13-5-2-3-8-16(13)17(19)12-18-20(26)24-22(28)25(21(18)27)15-7-4-6-14(23)11-15/h2-12H,1H3,(H,24,26,28). The van der Waals surface area contributed by atoms with Crippen molar-refractivity contribution in [3.63, 3.8) is 0 Å². The number of amides is 4. The van der Waals surface area contributed by atoms with Crippen LogP contribution in [-0.2, 0) is 9.59 Å². The van der Waals surface area contributed by atoms with Crippen molar-refractivity contribution in [1.82, 2.24) is 5.32 Å². The number of carbonyl (C=O) groups excluding carboxylic acids is 3. The molecule has 0 unspecified atom stereocenters. The Morgan fingerprint density at radius 2 is 1.79 bits per heavy atom. The third-order valence-corrected chi connectivity index (χ3v) is 5.10. The molecule has 4 amide bonds. The fourth-order valence-corrected chi connectivity index (χ4v) is 3.64. The maximum absolute atomic E-state index is 13.1. The van der Waals surface area contributed by atoms with E-state index in [1.54, 1.807) is 30.3 Å². The molecule has 3 aromatic carbocycles. The first kappa shape index (κ1) is 18.9. The highest BCUT2D eigenvalue weighted by atomic mass is 79.9. The lowest BCUT2D eigenvalue weighted by molar-refractivity contribution is -0.122. The number of hydrogen-bond acceptors (Lipinski definition) is 4. The fraction of sp³-hybridized carbons (Fsp3) is 0.0455. The molecule has 0 spiro atoms. The van der Waals surface area contributed by atoms with Crippen LogP contribution in [0.4, 0.5) is 10.5 Å². The predicted octanol–water partition coefficient (Wildman–Crippen LogP) is 4.28. The monoisotopic (exact) mass is 450 g/mol. The maximum Gasteiger partial charge on any atom is 0.335 e. The summed E-state index contributed by atoms with van der Waals surface area (Å²) in [5.74, 6) is -0.934. The number of barbiturate groups is 1. The van der Waals surface area contributed by atoms with E-state index in [1.807, 2.05) is 30.3 Å². The molecule has 4 rings (SSSR count). The van der Waals surface area contributed by atoms with Crippen LogP contribution in [-0.4, -0.2) is 25.0 Å². The molecular weight excluding hydrogens is 436 g/mol. The second-order valence-electron chi connectivity index (χ2n) is 6.34. The quantitative estimate of drug-likeness (QED) is 0.477. The van der Waals surface area contributed by atoms with Crippen LogP contribution in [0.1, 0.15) is 5.56 Å². The predicted molar refractivity (Wildman–Crippen MR) is 114 cm³/mol. The Balaban J connectivity index is 1.87. The van der Waals surface area contributed by atoms with Gasteiger partial charge in [0, 0.05) is 10.0 Å². The van der Waals surface area contributed by atoms with Crippen LogP contribution >= 0.6 is 15.9 Å². The molecule has 0 aromatic heterocycles. The van der Waals surface area contributed by atoms with Gasteiger partial charge in [0.25, 0.3) is 11.8 Å². The Kier molecular flexibility index (Phi) is 4.90. The van der Waals surface area contributed by atoms with Gasteiger partial charge in [0.1, 0.15) is 11.3 Å². The van der Waals surface area contributed by atoms with E-state index in [4.69, 9.17) is 4.74 Å². The van der Waals surface area contributed by atoms with E-state index in [-0.39, 0.29) is 5.57 Å². The number of benzene rings is 3. The summed E-state index contributed by atoms with van der Waals surface area (Å²) in [6.45, 7) is 0. The summed E-state index contributed by atoms with van der Waals surface area (Å²) in [7, 11) is 1.52. The molecule has 7 heteroatoms. The molecule has 0 bridgehead atoms. The topological polar surface area (TPSA) is 75.7 Å². The lowest BCUT2D eigenvalue weighted by Gasteiger charge is -2.26. The number of nitrogens with zero attached hydrogens (tertiary/aromatic N) is 1. The molecule has 1 heterocycles. The number of hydrogen-bond donors (Lipinski definition) is 1. The summed E-state index contributed by atoms with van der Waals surface area (Å²) in [4.78, 5) is 38.9. The summed E-state index contributed by atoms with van der Waals surface area (Å²) >= 11 is 3.33. The van der Waals surface area contributed by atoms with Gasteiger partial charge in [-0.3, -0.25) is 14.9 Å². The van der Waals surface area contributed by atoms with Crippen molar-refractivity contribution in [2.45, 2.75) is 0 Å². The van der Waals surface area contributed by atoms with Gasteiger partial charge in [-0.05, 0) is 41.1 Å². The third kappa shape index (κ3) is 3.40. The molecule has 0 atom stereocenters. The van der Waals surface area contributed by atoms with Gasteiger partial charge in [-0.1, -0.05) is 52.3 Å². The van der Waals surface area contributed by atoms with Crippen LogP contribution in [0, 0.1) is 0 Å². The summed E-state index contributed by atoms with van der Waals surface area (Å²) in [5.41, 5.74) is 0.789. The van der Waals surface area contributed by atoms with E-state index < -0.39 is 17.8 Å². The highest BCUT2D eigenvalue weighted by Crippen LogP contribution is 2.31. The maximum atomic E-state index is 13.1. The zero-order chi connectivity index (χ0) is 20.5. The number of anilines is 1. The van der Waals surface area contributed by atoms with Gasteiger partial charge in [0.05, 0.1) is 12.8 Å². The average Bonchev–Trinajstić information content (AvgIpc) is 2.71. The zero-order valence-corrected chi connectivity index (χ0v) is 16.9. The molecular formula is C22H15BrN2O4. The molecule has 6 nitrogen and oxygen atoms in total. The van der Waals surface area contributed by atoms with Crippen molar-refractivity contribution in [3.8, 4) is 5.75 Å². The SMILES string of the molecule is COc1ccc2ccccc2c1C=C1C(=O)NC(=O)N(c2cccc(Br)c2)C1=O. The molecule has 1 N–H and O–H groups in total. The molecule has 0 radical (unpaired) electrons. The number of urea groups is 1. The number of methoxy groups -OCH3 is 1. The van der Waals surface area contributed by atoms with Crippen LogP contribution in [0.2, 0.25) is 0 Å². The summed E-state index contributed by atoms with van der Waals surface area (Å²) in [6, 6.07) is 17.2. The number of imide groups is 2. The number of ether oxygens (including phenoxy) is 1. The van der Waals surface area contributed by atoms with E-state index in [0.29, 0.717) is 21.5 Å². The van der Waals surface area contributed by atoms with Crippen molar-refractivity contribution in [3.05, 3.63) is 76.3 Å². The Hall–Kier alpha value is -3.45. The lowest BCUT2D eigenvalue weighted by Crippen LogP contribution is -2.54. The molecule has 1 aliphatic heterocycles. The Bertz CT molecular complexity index is 1200. The van der Waals surface area contributed by atoms with Crippen LogP contribution < -0.4 is 15.0 Å². The van der Waals surface area contributed by atoms with Crippen molar-refractivity contribution in [2.75, 3.05) is 12.0 Å². The lowest BCUT2D eigenvalue weighted by atomic mass is 9.99. The summed E-state index contributed by atoms with van der Waals surface area (Å²) in [6.07, 6.45) is 1.47. The second kappa shape index (κ2) is 7.52. The first-order valence-corrected chi connectivity index (χ1v) is 9.51. The molecule has 0 aliphatic carbocycles. The minimum absolute atomic E-state index is 0.153. The molecule has 0 saturated carbocycles. The number of fused-ring (bicyclic) bond motifs is 1. The first-order valence-electron chi connectivity index (χ1n) is 8.72. The molecule has 3 aromatic rings. The molecule has 29 heavy (non-hydrogen) atoms. The van der Waals surface area contributed by atoms with E-state index in [2.05, 4.69) is 21.2 Å². The van der Waals surface area contributed by atoms with Crippen LogP contribution in [0.25, 0.3) is 16.8 Å². The van der Waals surface area contributed by atoms with Gasteiger partial charge in [-0.25, -0.2) is 9.69 Å². The summed E-state index contributed by atoms with van der Waals surface area (Å²) in [5, 5.41) is 4.00. The third-order valence-electron chi connectivity index (χ3n) is 4.61. The average molecular weight is 451 g/mol. The smallest absolute Gasteiger partial charge is 0.335 e. The first-order chi connectivity index (χ1) is 14.0. The van der Waals surface area contributed by atoms with Gasteiger partial charge < -0.3 is 4.74 Å². The highest BCUT2D eigenvalue weighted by molar-refractivity contribution is 9.10. The van der Waals surface area contributed by atoms with Crippen LogP contribution in [0.15, 0.2) is 70.7 Å². The normalized spacial score (nSPS) is 15.7. The van der Waals surface area contributed by atoms with Crippen molar-refractivity contribution >= 4 is 56.3 Å². The largest absolute Gasteiger partial charge is 0.496 e. The van der Waals surface area contributed by atoms with E-state index in [0.717, 1.165) is 15.7 Å². The van der Waals surface area contributed by atoms with Gasteiger partial charge in [-0.15, -0.1) is 0 Å². The fourth-order valence-electron chi connectivity index (χ4n) is 3.25. The Morgan fingerprint density at radius 1 is 1.00 bits per heavy atom. The van der Waals surface area contributed by atoms with Gasteiger partial charge in [0.2, 0.25) is 0 Å². The number of nitrogens with one attached hydrogen (secondary N) is 1. The zero-order valence-electron chi connectivity index (χ0n) is 15.3. The van der Waals surface area contributed by atoms with E-state index in [1.165, 1.54) is 13.2 Å². The second-order valence-corrected chi connectivity index (χ2v) is 7.26. The van der Waals surface area contributed by atoms with E-state index in [9.17, 15) is 14.4 Å². The van der Waals surface area contributed by atoms with Crippen LogP contribution in [0.5, 0.6) is 5.75 Å². The van der Waals surface area contributed by atoms with Crippen LogP contribution in [0.3, 0.4) is 0 Å². The van der Waals surface area contributed by atoms with Gasteiger partial charge in [-0.2, -0.15) is 0 Å². The molecule has 1 aliphatic rings.